The van der Waals surface area contributed by atoms with E-state index in [4.69, 9.17) is 10.5 Å². The second-order valence-corrected chi connectivity index (χ2v) is 5.20. The summed E-state index contributed by atoms with van der Waals surface area (Å²) < 4.78 is 4.70. The highest BCUT2D eigenvalue weighted by Gasteiger charge is 2.16. The number of carbonyl (C=O) groups excluding carboxylic acids is 1. The number of methoxy groups -OCH3 is 1. The molecule has 0 radical (unpaired) electrons. The van der Waals surface area contributed by atoms with Gasteiger partial charge in [-0.2, -0.15) is 0 Å². The molecule has 20 heavy (non-hydrogen) atoms. The SMILES string of the molecule is COC(=O)c1cc(NC(C)CN2CCCC2)ncc1N. The Labute approximate surface area is 119 Å². The molecule has 6 heteroatoms. The van der Waals surface area contributed by atoms with Crippen molar-refractivity contribution >= 4 is 17.5 Å². The fourth-order valence-corrected chi connectivity index (χ4v) is 2.48. The first-order valence-corrected chi connectivity index (χ1v) is 6.93. The Morgan fingerprint density at radius 2 is 2.25 bits per heavy atom. The van der Waals surface area contributed by atoms with Gasteiger partial charge in [-0.25, -0.2) is 9.78 Å². The average molecular weight is 278 g/mol. The van der Waals surface area contributed by atoms with Gasteiger partial charge in [0.05, 0.1) is 24.6 Å². The van der Waals surface area contributed by atoms with Crippen LogP contribution in [0, 0.1) is 0 Å². The molecule has 2 rings (SSSR count). The number of pyridine rings is 1. The van der Waals surface area contributed by atoms with Crippen molar-refractivity contribution in [1.82, 2.24) is 9.88 Å². The van der Waals surface area contributed by atoms with Crippen molar-refractivity contribution in [2.45, 2.75) is 25.8 Å². The first-order valence-electron chi connectivity index (χ1n) is 6.93. The molecule has 1 saturated heterocycles. The number of nitrogens with one attached hydrogen (secondary N) is 1. The van der Waals surface area contributed by atoms with E-state index in [1.165, 1.54) is 26.1 Å². The van der Waals surface area contributed by atoms with Crippen LogP contribution in [0.5, 0.6) is 0 Å². The molecule has 1 aromatic heterocycles. The number of esters is 1. The zero-order valence-electron chi connectivity index (χ0n) is 12.1. The van der Waals surface area contributed by atoms with E-state index in [1.807, 2.05) is 0 Å². The van der Waals surface area contributed by atoms with E-state index in [9.17, 15) is 4.79 Å². The van der Waals surface area contributed by atoms with Gasteiger partial charge in [0.2, 0.25) is 0 Å². The van der Waals surface area contributed by atoms with Crippen LogP contribution in [0.4, 0.5) is 11.5 Å². The molecular formula is C14H22N4O2. The lowest BCUT2D eigenvalue weighted by Gasteiger charge is -2.21. The number of rotatable bonds is 5. The predicted octanol–water partition coefficient (Wildman–Crippen LogP) is 1.35. The van der Waals surface area contributed by atoms with Crippen molar-refractivity contribution in [2.24, 2.45) is 0 Å². The zero-order chi connectivity index (χ0) is 14.5. The predicted molar refractivity (Wildman–Crippen MR) is 78.7 cm³/mol. The minimum absolute atomic E-state index is 0.259. The van der Waals surface area contributed by atoms with Gasteiger partial charge in [-0.3, -0.25) is 0 Å². The van der Waals surface area contributed by atoms with Crippen LogP contribution in [0.25, 0.3) is 0 Å². The van der Waals surface area contributed by atoms with E-state index < -0.39 is 5.97 Å². The van der Waals surface area contributed by atoms with Crippen LogP contribution in [-0.4, -0.2) is 48.6 Å². The van der Waals surface area contributed by atoms with Crippen molar-refractivity contribution in [3.05, 3.63) is 17.8 Å². The monoisotopic (exact) mass is 278 g/mol. The van der Waals surface area contributed by atoms with E-state index in [2.05, 4.69) is 22.1 Å². The number of anilines is 2. The zero-order valence-corrected chi connectivity index (χ0v) is 12.1. The molecular weight excluding hydrogens is 256 g/mol. The van der Waals surface area contributed by atoms with E-state index >= 15 is 0 Å². The van der Waals surface area contributed by atoms with Crippen molar-refractivity contribution in [3.8, 4) is 0 Å². The fourth-order valence-electron chi connectivity index (χ4n) is 2.48. The third kappa shape index (κ3) is 3.60. The number of aromatic nitrogens is 1. The summed E-state index contributed by atoms with van der Waals surface area (Å²) in [6.45, 7) is 5.40. The highest BCUT2D eigenvalue weighted by atomic mass is 16.5. The maximum absolute atomic E-state index is 11.6. The van der Waals surface area contributed by atoms with Crippen molar-refractivity contribution < 1.29 is 9.53 Å². The number of hydrogen-bond donors (Lipinski definition) is 2. The Bertz CT molecular complexity index is 472. The molecule has 110 valence electrons. The Morgan fingerprint density at radius 3 is 2.90 bits per heavy atom. The fraction of sp³-hybridized carbons (Fsp3) is 0.571. The van der Waals surface area contributed by atoms with Crippen LogP contribution < -0.4 is 11.1 Å². The second-order valence-electron chi connectivity index (χ2n) is 5.20. The quantitative estimate of drug-likeness (QED) is 0.791. The molecule has 0 aliphatic carbocycles. The van der Waals surface area contributed by atoms with Crippen LogP contribution in [0.15, 0.2) is 12.3 Å². The van der Waals surface area contributed by atoms with Gasteiger partial charge < -0.3 is 20.7 Å². The minimum atomic E-state index is -0.444. The smallest absolute Gasteiger partial charge is 0.340 e. The van der Waals surface area contributed by atoms with Crippen molar-refractivity contribution in [2.75, 3.05) is 37.8 Å². The number of likely N-dealkylation sites (tertiary alicyclic amines) is 1. The summed E-state index contributed by atoms with van der Waals surface area (Å²) in [4.78, 5) is 18.2. The maximum Gasteiger partial charge on any atom is 0.340 e. The molecule has 0 amide bonds. The molecule has 2 heterocycles. The summed E-state index contributed by atoms with van der Waals surface area (Å²) in [5, 5.41) is 3.30. The lowest BCUT2D eigenvalue weighted by Crippen LogP contribution is -2.33. The van der Waals surface area contributed by atoms with Crippen LogP contribution >= 0.6 is 0 Å². The van der Waals surface area contributed by atoms with Gasteiger partial charge in [0.1, 0.15) is 5.82 Å². The number of nitrogen functional groups attached to an aromatic ring is 1. The van der Waals surface area contributed by atoms with E-state index in [1.54, 1.807) is 6.07 Å². The lowest BCUT2D eigenvalue weighted by atomic mass is 10.2. The van der Waals surface area contributed by atoms with Crippen LogP contribution in [0.1, 0.15) is 30.1 Å². The summed E-state index contributed by atoms with van der Waals surface area (Å²) >= 11 is 0. The van der Waals surface area contributed by atoms with Gasteiger partial charge in [-0.1, -0.05) is 0 Å². The summed E-state index contributed by atoms with van der Waals surface area (Å²) in [5.41, 5.74) is 6.40. The molecule has 6 nitrogen and oxygen atoms in total. The topological polar surface area (TPSA) is 80.5 Å². The van der Waals surface area contributed by atoms with Crippen LogP contribution in [-0.2, 0) is 4.74 Å². The van der Waals surface area contributed by atoms with E-state index in [0.717, 1.165) is 19.6 Å². The average Bonchev–Trinajstić information content (AvgIpc) is 2.92. The second kappa shape index (κ2) is 6.56. The van der Waals surface area contributed by atoms with Crippen molar-refractivity contribution in [3.63, 3.8) is 0 Å². The third-order valence-electron chi connectivity index (χ3n) is 3.47. The molecule has 1 unspecified atom stereocenters. The van der Waals surface area contributed by atoms with Gasteiger partial charge in [0, 0.05) is 12.6 Å². The van der Waals surface area contributed by atoms with E-state index in [0.29, 0.717) is 17.1 Å². The lowest BCUT2D eigenvalue weighted by molar-refractivity contribution is 0.0602. The Hall–Kier alpha value is -1.82. The Balaban J connectivity index is 1.99. The highest BCUT2D eigenvalue weighted by Crippen LogP contribution is 2.17. The molecule has 3 N–H and O–H groups in total. The van der Waals surface area contributed by atoms with Gasteiger partial charge in [-0.05, 0) is 38.9 Å². The first kappa shape index (κ1) is 14.6. The van der Waals surface area contributed by atoms with E-state index in [-0.39, 0.29) is 6.04 Å². The summed E-state index contributed by atoms with van der Waals surface area (Å²) in [6, 6.07) is 1.90. The Morgan fingerprint density at radius 1 is 1.55 bits per heavy atom. The highest BCUT2D eigenvalue weighted by molar-refractivity contribution is 5.95. The number of carbonyl (C=O) groups is 1. The number of nitrogens with zero attached hydrogens (tertiary/aromatic N) is 2. The number of hydrogen-bond acceptors (Lipinski definition) is 6. The number of ether oxygens (including phenoxy) is 1. The first-order chi connectivity index (χ1) is 9.60. The van der Waals surface area contributed by atoms with Gasteiger partial charge in [0.15, 0.2) is 0 Å². The van der Waals surface area contributed by atoms with Crippen LogP contribution in [0.3, 0.4) is 0 Å². The summed E-state index contributed by atoms with van der Waals surface area (Å²) in [7, 11) is 1.34. The minimum Gasteiger partial charge on any atom is -0.465 e. The van der Waals surface area contributed by atoms with Gasteiger partial charge >= 0.3 is 5.97 Å². The largest absolute Gasteiger partial charge is 0.465 e. The molecule has 1 aliphatic heterocycles. The maximum atomic E-state index is 11.6. The molecule has 0 saturated carbocycles. The molecule has 1 aliphatic rings. The van der Waals surface area contributed by atoms with Crippen molar-refractivity contribution in [1.29, 1.82) is 0 Å². The molecule has 1 aromatic rings. The molecule has 0 spiro atoms. The normalized spacial score (nSPS) is 16.9. The van der Waals surface area contributed by atoms with Crippen LogP contribution in [0.2, 0.25) is 0 Å². The number of nitrogens with two attached hydrogens (primary N) is 1. The third-order valence-corrected chi connectivity index (χ3v) is 3.47. The standard InChI is InChI=1S/C14H22N4O2/c1-10(9-18-5-3-4-6-18)17-13-7-11(14(19)20-2)12(15)8-16-13/h7-8,10H,3-6,9,15H2,1-2H3,(H,16,17). The summed E-state index contributed by atoms with van der Waals surface area (Å²) in [6.07, 6.45) is 4.04. The molecule has 0 aromatic carbocycles. The van der Waals surface area contributed by atoms with Gasteiger partial charge in [-0.15, -0.1) is 0 Å². The molecule has 0 bridgehead atoms. The van der Waals surface area contributed by atoms with Gasteiger partial charge in [0.25, 0.3) is 0 Å². The summed E-state index contributed by atoms with van der Waals surface area (Å²) in [5.74, 6) is 0.200. The molecule has 1 fully saturated rings. The molecule has 1 atom stereocenters. The Kier molecular flexibility index (Phi) is 4.79.